The van der Waals surface area contributed by atoms with E-state index >= 15 is 0 Å². The highest BCUT2D eigenvalue weighted by Gasteiger charge is 2.26. The Hall–Kier alpha value is -3.66. The van der Waals surface area contributed by atoms with Crippen molar-refractivity contribution in [2.24, 2.45) is 0 Å². The van der Waals surface area contributed by atoms with Crippen molar-refractivity contribution in [1.82, 2.24) is 24.4 Å². The zero-order valence-corrected chi connectivity index (χ0v) is 25.0. The highest BCUT2D eigenvalue weighted by atomic mass is 16.2. The zero-order chi connectivity index (χ0) is 29.4. The third kappa shape index (κ3) is 6.55. The summed E-state index contributed by atoms with van der Waals surface area (Å²) in [6.45, 7) is 13.4. The molecule has 4 heterocycles. The second-order valence-electron chi connectivity index (χ2n) is 9.73. The van der Waals surface area contributed by atoms with Crippen molar-refractivity contribution in [3.8, 4) is 0 Å². The number of nitrogens with one attached hydrogen (secondary N) is 1. The molecule has 3 aromatic heterocycles. The number of fused-ring (bicyclic) bond motifs is 1. The molecule has 0 unspecified atom stereocenters. The lowest BCUT2D eigenvalue weighted by atomic mass is 10.0. The largest absolute Gasteiger partial charge is 0.310 e. The van der Waals surface area contributed by atoms with Gasteiger partial charge in [-0.05, 0) is 51.4 Å². The highest BCUT2D eigenvalue weighted by molar-refractivity contribution is 5.99. The molecule has 0 atom stereocenters. The van der Waals surface area contributed by atoms with Gasteiger partial charge in [0.05, 0.1) is 17.4 Å². The Kier molecular flexibility index (Phi) is 10.9. The van der Waals surface area contributed by atoms with Gasteiger partial charge in [-0.15, -0.1) is 0 Å². The number of ketones is 1. The predicted octanol–water partition coefficient (Wildman–Crippen LogP) is 5.28. The Morgan fingerprint density at radius 3 is 2.30 bits per heavy atom. The number of pyridine rings is 2. The number of carbonyl (C=O) groups is 2. The van der Waals surface area contributed by atoms with Crippen LogP contribution in [-0.4, -0.2) is 62.8 Å². The summed E-state index contributed by atoms with van der Waals surface area (Å²) in [7, 11) is 2.01. The van der Waals surface area contributed by atoms with E-state index in [0.717, 1.165) is 44.5 Å². The number of nitrogens with zero attached hydrogens (tertiary/aromatic N) is 6. The number of hydrogen-bond donors (Lipinski definition) is 1. The number of carbonyl (C=O) groups excluding carboxylic acids is 2. The fraction of sp³-hybridized carbons (Fsp3) is 0.533. The molecule has 1 amide bonds. The summed E-state index contributed by atoms with van der Waals surface area (Å²) < 4.78 is 1.69. The maximum Gasteiger partial charge on any atom is 0.263 e. The molecule has 5 rings (SSSR count). The van der Waals surface area contributed by atoms with Crippen molar-refractivity contribution in [3.05, 3.63) is 46.0 Å². The lowest BCUT2D eigenvalue weighted by Gasteiger charge is -2.21. The van der Waals surface area contributed by atoms with E-state index in [-0.39, 0.29) is 28.9 Å². The Morgan fingerprint density at radius 1 is 0.975 bits per heavy atom. The average molecular weight is 550 g/mol. The topological polar surface area (TPSA) is 113 Å². The summed E-state index contributed by atoms with van der Waals surface area (Å²) in [5.41, 5.74) is 1.83. The summed E-state index contributed by atoms with van der Waals surface area (Å²) in [6, 6.07) is 3.67. The van der Waals surface area contributed by atoms with Crippen LogP contribution < -0.4 is 15.8 Å². The second kappa shape index (κ2) is 14.1. The van der Waals surface area contributed by atoms with Crippen LogP contribution in [0, 0.1) is 6.92 Å². The number of amides is 1. The minimum atomic E-state index is -0.278. The molecule has 0 radical (unpaired) electrons. The molecule has 1 aliphatic carbocycles. The number of likely N-dealkylation sites (N-methyl/N-ethyl adjacent to an activating group) is 1. The van der Waals surface area contributed by atoms with E-state index < -0.39 is 0 Å². The summed E-state index contributed by atoms with van der Waals surface area (Å²) >= 11 is 0. The third-order valence-corrected chi connectivity index (χ3v) is 7.26. The van der Waals surface area contributed by atoms with Gasteiger partial charge in [-0.25, -0.2) is 9.97 Å². The number of aromatic nitrogens is 4. The Morgan fingerprint density at radius 2 is 1.68 bits per heavy atom. The Bertz CT molecular complexity index is 1380. The summed E-state index contributed by atoms with van der Waals surface area (Å²) in [4.78, 5) is 55.7. The monoisotopic (exact) mass is 549 g/mol. The van der Waals surface area contributed by atoms with Gasteiger partial charge in [-0.1, -0.05) is 40.5 Å². The van der Waals surface area contributed by atoms with Crippen LogP contribution in [0.5, 0.6) is 0 Å². The van der Waals surface area contributed by atoms with Crippen LogP contribution in [0.25, 0.3) is 11.0 Å². The first-order chi connectivity index (χ1) is 19.3. The Labute approximate surface area is 236 Å². The number of Topliss-reactive ketones (excluding diaryl/α,β-unsaturated/α-hetero) is 1. The first-order valence-corrected chi connectivity index (χ1v) is 14.5. The van der Waals surface area contributed by atoms with E-state index in [2.05, 4.69) is 20.2 Å². The number of aryl methyl sites for hydroxylation is 1. The zero-order valence-electron chi connectivity index (χ0n) is 25.0. The van der Waals surface area contributed by atoms with Crippen LogP contribution in [0.4, 0.5) is 17.5 Å². The van der Waals surface area contributed by atoms with Gasteiger partial charge in [0, 0.05) is 43.7 Å². The van der Waals surface area contributed by atoms with Crippen LogP contribution in [0.15, 0.2) is 29.3 Å². The van der Waals surface area contributed by atoms with E-state index in [4.69, 9.17) is 4.98 Å². The van der Waals surface area contributed by atoms with Gasteiger partial charge in [0.1, 0.15) is 11.5 Å². The lowest BCUT2D eigenvalue weighted by Crippen LogP contribution is -2.32. The van der Waals surface area contributed by atoms with Crippen molar-refractivity contribution in [1.29, 1.82) is 0 Å². The minimum absolute atomic E-state index is 0.0177. The van der Waals surface area contributed by atoms with Gasteiger partial charge in [0.25, 0.3) is 5.56 Å². The SMILES string of the molecule is CC.CC.CC(=O)c1c(C)c2cnc(Nc3ccc(N4CCN(C)CCC4=O)cn3)nc2n(C2CCCC2)c1=O. The molecule has 40 heavy (non-hydrogen) atoms. The average Bonchev–Trinajstić information content (AvgIpc) is 3.43. The van der Waals surface area contributed by atoms with Gasteiger partial charge in [0.15, 0.2) is 5.78 Å². The molecule has 0 spiro atoms. The summed E-state index contributed by atoms with van der Waals surface area (Å²) in [6.07, 6.45) is 7.68. The molecule has 3 aromatic rings. The van der Waals surface area contributed by atoms with Crippen molar-refractivity contribution in [3.63, 3.8) is 0 Å². The molecular formula is C30H43N7O3. The number of rotatable bonds is 5. The smallest absolute Gasteiger partial charge is 0.263 e. The second-order valence-corrected chi connectivity index (χ2v) is 9.73. The molecule has 1 saturated carbocycles. The molecule has 0 aromatic carbocycles. The molecule has 1 saturated heterocycles. The van der Waals surface area contributed by atoms with Gasteiger partial charge < -0.3 is 15.1 Å². The molecule has 2 fully saturated rings. The van der Waals surface area contributed by atoms with Crippen LogP contribution in [0.1, 0.15) is 88.7 Å². The summed E-state index contributed by atoms with van der Waals surface area (Å²) in [5, 5.41) is 3.82. The maximum atomic E-state index is 13.4. The molecule has 10 heteroatoms. The highest BCUT2D eigenvalue weighted by Crippen LogP contribution is 2.32. The first kappa shape index (κ1) is 30.9. The maximum absolute atomic E-state index is 13.4. The van der Waals surface area contributed by atoms with E-state index in [1.807, 2.05) is 40.8 Å². The van der Waals surface area contributed by atoms with Gasteiger partial charge in [-0.2, -0.15) is 4.98 Å². The predicted molar refractivity (Wildman–Crippen MR) is 161 cm³/mol. The van der Waals surface area contributed by atoms with Crippen LogP contribution in [-0.2, 0) is 4.79 Å². The molecule has 1 aliphatic heterocycles. The van der Waals surface area contributed by atoms with Crippen molar-refractivity contribution in [2.75, 3.05) is 36.9 Å². The molecule has 2 aliphatic rings. The van der Waals surface area contributed by atoms with Crippen molar-refractivity contribution >= 4 is 40.2 Å². The van der Waals surface area contributed by atoms with Crippen LogP contribution in [0.3, 0.4) is 0 Å². The normalized spacial score (nSPS) is 16.1. The van der Waals surface area contributed by atoms with Crippen LogP contribution in [0.2, 0.25) is 0 Å². The van der Waals surface area contributed by atoms with Crippen molar-refractivity contribution < 1.29 is 9.59 Å². The van der Waals surface area contributed by atoms with E-state index in [1.165, 1.54) is 6.92 Å². The van der Waals surface area contributed by atoms with Crippen LogP contribution >= 0.6 is 0 Å². The van der Waals surface area contributed by atoms with E-state index in [9.17, 15) is 14.4 Å². The fourth-order valence-electron chi connectivity index (χ4n) is 5.24. The van der Waals surface area contributed by atoms with E-state index in [0.29, 0.717) is 41.3 Å². The van der Waals surface area contributed by atoms with Gasteiger partial charge >= 0.3 is 0 Å². The van der Waals surface area contributed by atoms with E-state index in [1.54, 1.807) is 34.9 Å². The number of anilines is 3. The standard InChI is InChI=1S/C26H31N7O3.2C2H6/c1-16-20-15-28-26(30-24(20)33(18-6-4-5-7-18)25(36)23(16)17(2)34)29-21-9-8-19(14-27-21)32-13-12-31(3)11-10-22(32)35;2*1-2/h8-9,14-15,18H,4-7,10-13H2,1-3H3,(H,27,28,29,30);2*1-2H3. The molecule has 216 valence electrons. The third-order valence-electron chi connectivity index (χ3n) is 7.26. The quantitative estimate of drug-likeness (QED) is 0.428. The molecule has 10 nitrogen and oxygen atoms in total. The van der Waals surface area contributed by atoms with Gasteiger partial charge in [0.2, 0.25) is 11.9 Å². The summed E-state index contributed by atoms with van der Waals surface area (Å²) in [5.74, 6) is 0.692. The minimum Gasteiger partial charge on any atom is -0.310 e. The molecule has 1 N–H and O–H groups in total. The first-order valence-electron chi connectivity index (χ1n) is 14.5. The fourth-order valence-corrected chi connectivity index (χ4v) is 5.24. The van der Waals surface area contributed by atoms with Gasteiger partial charge in [-0.3, -0.25) is 19.0 Å². The molecular weight excluding hydrogens is 506 g/mol. The lowest BCUT2D eigenvalue weighted by molar-refractivity contribution is -0.118. The number of hydrogen-bond acceptors (Lipinski definition) is 8. The van der Waals surface area contributed by atoms with Crippen molar-refractivity contribution in [2.45, 2.75) is 79.7 Å². The molecule has 0 bridgehead atoms. The Balaban J connectivity index is 0.00000106.